The molecule has 0 saturated carbocycles. The van der Waals surface area contributed by atoms with Gasteiger partial charge in [0.25, 0.3) is 0 Å². The number of esters is 1. The Bertz CT molecular complexity index is 1530. The van der Waals surface area contributed by atoms with Crippen molar-refractivity contribution in [1.29, 1.82) is 0 Å². The Balaban J connectivity index is 1.43. The van der Waals surface area contributed by atoms with E-state index < -0.39 is 59.6 Å². The van der Waals surface area contributed by atoms with E-state index in [2.05, 4.69) is 0 Å². The van der Waals surface area contributed by atoms with Crippen molar-refractivity contribution in [2.45, 2.75) is 69.2 Å². The quantitative estimate of drug-likeness (QED) is 0.400. The van der Waals surface area contributed by atoms with E-state index in [-0.39, 0.29) is 31.4 Å². The fraction of sp³-hybridized carbons (Fsp3) is 0.444. The minimum absolute atomic E-state index is 0.0891. The molecule has 0 aliphatic carbocycles. The molecule has 2 fully saturated rings. The van der Waals surface area contributed by atoms with E-state index in [9.17, 15) is 24.3 Å². The zero-order chi connectivity index (χ0) is 32.6. The number of ether oxygens (including phenoxy) is 2. The molecule has 2 aromatic carbocycles. The van der Waals surface area contributed by atoms with Crippen LogP contribution >= 0.6 is 0 Å². The Morgan fingerprint density at radius 1 is 0.978 bits per heavy atom. The molecule has 4 heterocycles. The average Bonchev–Trinajstić information content (AvgIpc) is 3.47. The number of likely N-dealkylation sites (N-methyl/N-ethyl adjacent to an activating group) is 1. The largest absolute Gasteiger partial charge is 0.455 e. The number of hydrogen-bond acceptors (Lipinski definition) is 7. The van der Waals surface area contributed by atoms with E-state index >= 15 is 0 Å². The summed E-state index contributed by atoms with van der Waals surface area (Å²) in [6, 6.07) is 16.5. The van der Waals surface area contributed by atoms with Crippen molar-refractivity contribution in [1.82, 2.24) is 14.7 Å². The highest BCUT2D eigenvalue weighted by atomic mass is 16.6. The van der Waals surface area contributed by atoms with Gasteiger partial charge in [0.2, 0.25) is 17.7 Å². The van der Waals surface area contributed by atoms with Crippen LogP contribution in [0.5, 0.6) is 0 Å². The lowest BCUT2D eigenvalue weighted by Gasteiger charge is -2.37. The van der Waals surface area contributed by atoms with Crippen LogP contribution in [0.1, 0.15) is 43.9 Å². The molecule has 8 atom stereocenters. The highest BCUT2D eigenvalue weighted by Crippen LogP contribution is 2.54. The highest BCUT2D eigenvalue weighted by molar-refractivity contribution is 5.99. The van der Waals surface area contributed by atoms with Gasteiger partial charge in [0.15, 0.2) is 0 Å². The van der Waals surface area contributed by atoms with Crippen LogP contribution in [0.3, 0.4) is 0 Å². The molecule has 46 heavy (non-hydrogen) atoms. The van der Waals surface area contributed by atoms with Crippen LogP contribution in [0, 0.1) is 11.8 Å². The Hall–Kier alpha value is -4.28. The first-order valence-electron chi connectivity index (χ1n) is 16.0. The average molecular weight is 628 g/mol. The van der Waals surface area contributed by atoms with Crippen LogP contribution in [0.15, 0.2) is 85.0 Å². The van der Waals surface area contributed by atoms with Gasteiger partial charge in [0.05, 0.1) is 30.7 Å². The van der Waals surface area contributed by atoms with Crippen molar-refractivity contribution in [2.75, 3.05) is 20.2 Å². The number of cyclic esters (lactones) is 1. The van der Waals surface area contributed by atoms with Crippen LogP contribution in [-0.4, -0.2) is 93.5 Å². The second-order valence-corrected chi connectivity index (χ2v) is 12.7. The molecule has 0 radical (unpaired) electrons. The molecule has 3 amide bonds. The van der Waals surface area contributed by atoms with Crippen molar-refractivity contribution in [3.63, 3.8) is 0 Å². The zero-order valence-electron chi connectivity index (χ0n) is 26.4. The first kappa shape index (κ1) is 31.7. The second-order valence-electron chi connectivity index (χ2n) is 12.7. The molecule has 4 aliphatic rings. The molecule has 1 spiro atoms. The van der Waals surface area contributed by atoms with Crippen LogP contribution in [0.25, 0.3) is 0 Å². The summed E-state index contributed by atoms with van der Waals surface area (Å²) in [6.45, 7) is 3.77. The molecule has 242 valence electrons. The maximum atomic E-state index is 14.5. The van der Waals surface area contributed by atoms with E-state index in [1.807, 2.05) is 73.7 Å². The van der Waals surface area contributed by atoms with Gasteiger partial charge in [-0.1, -0.05) is 85.0 Å². The normalized spacial score (nSPS) is 32.9. The van der Waals surface area contributed by atoms with Crippen LogP contribution in [-0.2, 0) is 35.2 Å². The summed E-state index contributed by atoms with van der Waals surface area (Å²) in [4.78, 5) is 61.2. The third kappa shape index (κ3) is 5.43. The van der Waals surface area contributed by atoms with Gasteiger partial charge in [-0.25, -0.2) is 0 Å². The molecule has 4 aliphatic heterocycles. The van der Waals surface area contributed by atoms with Crippen molar-refractivity contribution >= 4 is 23.7 Å². The molecule has 6 rings (SSSR count). The van der Waals surface area contributed by atoms with Gasteiger partial charge in [-0.2, -0.15) is 0 Å². The summed E-state index contributed by atoms with van der Waals surface area (Å²) in [5.41, 5.74) is 0.180. The number of hydrogen-bond donors (Lipinski definition) is 1. The summed E-state index contributed by atoms with van der Waals surface area (Å²) in [6.07, 6.45) is 6.10. The number of aliphatic hydroxyl groups excluding tert-OH is 1. The smallest absolute Gasteiger partial charge is 0.313 e. The number of nitrogens with zero attached hydrogens (tertiary/aromatic N) is 3. The number of aliphatic hydroxyl groups is 1. The van der Waals surface area contributed by atoms with E-state index in [0.717, 1.165) is 5.56 Å². The van der Waals surface area contributed by atoms with Gasteiger partial charge in [-0.05, 0) is 31.4 Å². The maximum Gasteiger partial charge on any atom is 0.313 e. The van der Waals surface area contributed by atoms with Crippen LogP contribution in [0.2, 0.25) is 0 Å². The lowest BCUT2D eigenvalue weighted by Crippen LogP contribution is -2.57. The van der Waals surface area contributed by atoms with Gasteiger partial charge in [-0.15, -0.1) is 0 Å². The van der Waals surface area contributed by atoms with E-state index in [4.69, 9.17) is 9.47 Å². The molecule has 1 N–H and O–H groups in total. The predicted octanol–water partition coefficient (Wildman–Crippen LogP) is 3.03. The summed E-state index contributed by atoms with van der Waals surface area (Å²) >= 11 is 0. The molecule has 2 aromatic rings. The predicted molar refractivity (Wildman–Crippen MR) is 169 cm³/mol. The lowest BCUT2D eigenvalue weighted by molar-refractivity contribution is -0.164. The lowest BCUT2D eigenvalue weighted by atomic mass is 9.77. The first-order valence-corrected chi connectivity index (χ1v) is 16.0. The molecular formula is C36H41N3O7. The number of likely N-dealkylation sites (tertiary alicyclic amines) is 1. The number of amides is 3. The highest BCUT2D eigenvalue weighted by Gasteiger charge is 2.72. The Kier molecular flexibility index (Phi) is 8.85. The summed E-state index contributed by atoms with van der Waals surface area (Å²) in [5.74, 6) is -3.63. The number of carbonyl (C=O) groups excluding carboxylic acids is 4. The Morgan fingerprint density at radius 3 is 2.37 bits per heavy atom. The Labute approximate surface area is 269 Å². The molecule has 0 bridgehead atoms. The van der Waals surface area contributed by atoms with Crippen LogP contribution in [0.4, 0.5) is 0 Å². The SMILES string of the molecule is CC(CO)N1C(=O)[C@@H]2[C@H]3C(=O)O[C@H](c4ccccc4)[C@@H](C)N(C)C(=O)CC/C=C/[C@H]3O[C@@]23C=CCN(Cc2ccccc2)C(=O)[C@@H]13. The van der Waals surface area contributed by atoms with Crippen LogP contribution < -0.4 is 0 Å². The monoisotopic (exact) mass is 627 g/mol. The van der Waals surface area contributed by atoms with Crippen molar-refractivity contribution < 1.29 is 33.8 Å². The minimum Gasteiger partial charge on any atom is -0.455 e. The fourth-order valence-corrected chi connectivity index (χ4v) is 7.38. The van der Waals surface area contributed by atoms with Crippen molar-refractivity contribution in [3.8, 4) is 0 Å². The minimum atomic E-state index is -1.47. The molecule has 10 nitrogen and oxygen atoms in total. The third-order valence-corrected chi connectivity index (χ3v) is 9.91. The summed E-state index contributed by atoms with van der Waals surface area (Å²) in [7, 11) is 1.70. The van der Waals surface area contributed by atoms with E-state index in [1.54, 1.807) is 42.0 Å². The fourth-order valence-electron chi connectivity index (χ4n) is 7.38. The van der Waals surface area contributed by atoms with Gasteiger partial charge in [0.1, 0.15) is 23.7 Å². The number of rotatable bonds is 5. The van der Waals surface area contributed by atoms with Crippen molar-refractivity contribution in [2.24, 2.45) is 11.8 Å². The van der Waals surface area contributed by atoms with E-state index in [1.165, 1.54) is 4.90 Å². The molecule has 10 heteroatoms. The molecular weight excluding hydrogens is 586 g/mol. The molecule has 2 saturated heterocycles. The van der Waals surface area contributed by atoms with Gasteiger partial charge in [-0.3, -0.25) is 19.2 Å². The van der Waals surface area contributed by atoms with Crippen molar-refractivity contribution in [3.05, 3.63) is 96.1 Å². The topological polar surface area (TPSA) is 117 Å². The standard InChI is InChI=1S/C36H41N3O7/c1-23(22-40)39-32-34(43)38(21-25-13-6-4-7-14-25)20-12-19-36(32)30(33(39)42)29-27(46-36)17-10-11-18-28(41)37(3)24(2)31(45-35(29)44)26-15-8-5-9-16-26/h4-10,12-17,19,23-24,27,29-32,40H,11,18,20-22H2,1-3H3/b17-10+/t23?,24-,27-,29+,30+,31+,32-,36+/m1/s1. The summed E-state index contributed by atoms with van der Waals surface area (Å²) in [5, 5.41) is 10.2. The summed E-state index contributed by atoms with van der Waals surface area (Å²) < 4.78 is 13.0. The number of carbonyl (C=O) groups is 4. The number of allylic oxidation sites excluding steroid dienone is 1. The zero-order valence-corrected chi connectivity index (χ0v) is 26.4. The van der Waals surface area contributed by atoms with E-state index in [0.29, 0.717) is 18.5 Å². The third-order valence-electron chi connectivity index (χ3n) is 9.91. The first-order chi connectivity index (χ1) is 22.2. The molecule has 0 aromatic heterocycles. The number of benzene rings is 2. The van der Waals surface area contributed by atoms with Gasteiger partial charge < -0.3 is 29.3 Å². The second kappa shape index (κ2) is 12.8. The maximum absolute atomic E-state index is 14.5. The Morgan fingerprint density at radius 2 is 1.67 bits per heavy atom. The van der Waals surface area contributed by atoms with Gasteiger partial charge in [0, 0.05) is 26.6 Å². The van der Waals surface area contributed by atoms with Gasteiger partial charge >= 0.3 is 5.97 Å². The molecule has 1 unspecified atom stereocenters. The number of fused-ring (bicyclic) bond motifs is 2.